The lowest BCUT2D eigenvalue weighted by molar-refractivity contribution is 0.0758. The normalized spacial score (nSPS) is 10.9. The monoisotopic (exact) mass is 382 g/mol. The molecule has 0 spiro atoms. The molecule has 0 aromatic carbocycles. The van der Waals surface area contributed by atoms with Crippen LogP contribution < -0.4 is 0 Å². The van der Waals surface area contributed by atoms with Gasteiger partial charge in [0, 0.05) is 22.4 Å². The highest BCUT2D eigenvalue weighted by Crippen LogP contribution is 2.31. The Morgan fingerprint density at radius 1 is 1.30 bits per heavy atom. The maximum Gasteiger partial charge on any atom is 0.266 e. The van der Waals surface area contributed by atoms with Gasteiger partial charge in [-0.05, 0) is 37.4 Å². The summed E-state index contributed by atoms with van der Waals surface area (Å²) in [4.78, 5) is 21.1. The van der Waals surface area contributed by atoms with Gasteiger partial charge in [-0.2, -0.15) is 11.3 Å². The second kappa shape index (κ2) is 7.13. The summed E-state index contributed by atoms with van der Waals surface area (Å²) in [5.74, 6) is 0.0357. The van der Waals surface area contributed by atoms with Crippen LogP contribution in [0.1, 0.15) is 27.2 Å². The van der Waals surface area contributed by atoms with Crippen LogP contribution in [0, 0.1) is 6.92 Å². The average molecular weight is 383 g/mol. The van der Waals surface area contributed by atoms with E-state index in [1.54, 1.807) is 11.3 Å². The zero-order chi connectivity index (χ0) is 16.4. The molecule has 120 valence electrons. The maximum atomic E-state index is 12.9. The van der Waals surface area contributed by atoms with E-state index < -0.39 is 0 Å². The molecule has 0 saturated heterocycles. The van der Waals surface area contributed by atoms with Gasteiger partial charge >= 0.3 is 0 Å². The van der Waals surface area contributed by atoms with Gasteiger partial charge in [0.2, 0.25) is 0 Å². The lowest BCUT2D eigenvalue weighted by atomic mass is 10.3. The van der Waals surface area contributed by atoms with Gasteiger partial charge in [-0.1, -0.05) is 11.6 Å². The first-order chi connectivity index (χ1) is 11.1. The van der Waals surface area contributed by atoms with Crippen LogP contribution in [0.15, 0.2) is 29.0 Å². The number of nitrogens with zero attached hydrogens (tertiary/aromatic N) is 2. The molecule has 3 aromatic rings. The summed E-state index contributed by atoms with van der Waals surface area (Å²) in [6.45, 7) is 5.12. The summed E-state index contributed by atoms with van der Waals surface area (Å²) in [5, 5.41) is 4.98. The molecule has 0 aliphatic heterocycles. The van der Waals surface area contributed by atoms with Gasteiger partial charge in [0.25, 0.3) is 5.91 Å². The van der Waals surface area contributed by atoms with E-state index in [4.69, 9.17) is 11.6 Å². The average Bonchev–Trinajstić information content (AvgIpc) is 3.25. The topological polar surface area (TPSA) is 33.2 Å². The second-order valence-corrected chi connectivity index (χ2v) is 8.55. The van der Waals surface area contributed by atoms with Crippen molar-refractivity contribution in [2.75, 3.05) is 6.54 Å². The fourth-order valence-corrected chi connectivity index (χ4v) is 5.05. The number of hydrogen-bond acceptors (Lipinski definition) is 5. The van der Waals surface area contributed by atoms with Crippen molar-refractivity contribution in [2.24, 2.45) is 0 Å². The standard InChI is InChI=1S/C16H15ClN2OS3/c1-3-19(8-12-4-5-13(17)22-12)16(20)14-10(2)18-15(23-14)11-6-7-21-9-11/h4-7,9H,3,8H2,1-2H3. The third-order valence-corrected chi connectivity index (χ3v) is 6.50. The number of amides is 1. The summed E-state index contributed by atoms with van der Waals surface area (Å²) in [6, 6.07) is 5.87. The molecule has 0 N–H and O–H groups in total. The number of rotatable bonds is 5. The van der Waals surface area contributed by atoms with Gasteiger partial charge < -0.3 is 4.90 Å². The lowest BCUT2D eigenvalue weighted by Gasteiger charge is -2.19. The molecule has 0 bridgehead atoms. The number of halogens is 1. The summed E-state index contributed by atoms with van der Waals surface area (Å²) >= 11 is 10.6. The van der Waals surface area contributed by atoms with Crippen LogP contribution in [0.2, 0.25) is 4.34 Å². The Morgan fingerprint density at radius 3 is 2.74 bits per heavy atom. The van der Waals surface area contributed by atoms with Crippen molar-refractivity contribution in [3.63, 3.8) is 0 Å². The molecular weight excluding hydrogens is 368 g/mol. The molecule has 3 rings (SSSR count). The molecule has 7 heteroatoms. The highest BCUT2D eigenvalue weighted by molar-refractivity contribution is 7.17. The third kappa shape index (κ3) is 3.66. The molecule has 0 atom stereocenters. The summed E-state index contributed by atoms with van der Waals surface area (Å²) in [5.41, 5.74) is 1.87. The van der Waals surface area contributed by atoms with Gasteiger partial charge in [-0.3, -0.25) is 4.79 Å². The molecule has 1 amide bonds. The van der Waals surface area contributed by atoms with Crippen LogP contribution in [0.3, 0.4) is 0 Å². The largest absolute Gasteiger partial charge is 0.333 e. The molecule has 0 aliphatic carbocycles. The fourth-order valence-electron chi connectivity index (χ4n) is 2.20. The Bertz CT molecular complexity index is 807. The van der Waals surface area contributed by atoms with Gasteiger partial charge in [0.15, 0.2) is 0 Å². The number of aromatic nitrogens is 1. The van der Waals surface area contributed by atoms with Crippen molar-refractivity contribution in [3.8, 4) is 10.6 Å². The van der Waals surface area contributed by atoms with Gasteiger partial charge in [-0.25, -0.2) is 4.98 Å². The Morgan fingerprint density at radius 2 is 2.13 bits per heavy atom. The lowest BCUT2D eigenvalue weighted by Crippen LogP contribution is -2.29. The van der Waals surface area contributed by atoms with E-state index in [0.29, 0.717) is 13.1 Å². The van der Waals surface area contributed by atoms with Crippen LogP contribution in [0.5, 0.6) is 0 Å². The Balaban J connectivity index is 1.83. The Kier molecular flexibility index (Phi) is 5.16. The molecule has 0 unspecified atom stereocenters. The number of hydrogen-bond donors (Lipinski definition) is 0. The predicted molar refractivity (Wildman–Crippen MR) is 99.9 cm³/mol. The summed E-state index contributed by atoms with van der Waals surface area (Å²) in [6.07, 6.45) is 0. The van der Waals surface area contributed by atoms with Crippen LogP contribution in [0.4, 0.5) is 0 Å². The van der Waals surface area contributed by atoms with Crippen LogP contribution >= 0.6 is 45.6 Å². The summed E-state index contributed by atoms with van der Waals surface area (Å²) < 4.78 is 0.747. The van der Waals surface area contributed by atoms with Crippen LogP contribution in [0.25, 0.3) is 10.6 Å². The number of thiophene rings is 2. The van der Waals surface area contributed by atoms with Crippen LogP contribution in [-0.4, -0.2) is 22.3 Å². The molecule has 3 nitrogen and oxygen atoms in total. The minimum Gasteiger partial charge on any atom is -0.333 e. The van der Waals surface area contributed by atoms with Crippen molar-refractivity contribution >= 4 is 51.5 Å². The van der Waals surface area contributed by atoms with Crippen molar-refractivity contribution < 1.29 is 4.79 Å². The first kappa shape index (κ1) is 16.6. The molecule has 0 radical (unpaired) electrons. The van der Waals surface area contributed by atoms with E-state index in [1.165, 1.54) is 22.7 Å². The number of aryl methyl sites for hydroxylation is 1. The summed E-state index contributed by atoms with van der Waals surface area (Å²) in [7, 11) is 0. The molecule has 0 saturated carbocycles. The van der Waals surface area contributed by atoms with E-state index in [1.807, 2.05) is 42.3 Å². The van der Waals surface area contributed by atoms with Crippen molar-refractivity contribution in [3.05, 3.63) is 48.7 Å². The Labute approximate surface area is 152 Å². The Hall–Kier alpha value is -1.21. The highest BCUT2D eigenvalue weighted by Gasteiger charge is 2.21. The minimum atomic E-state index is 0.0357. The zero-order valence-electron chi connectivity index (χ0n) is 12.7. The first-order valence-electron chi connectivity index (χ1n) is 7.12. The van der Waals surface area contributed by atoms with E-state index in [0.717, 1.165) is 30.4 Å². The molecule has 0 fully saturated rings. The molecule has 3 aromatic heterocycles. The van der Waals surface area contributed by atoms with Crippen LogP contribution in [-0.2, 0) is 6.54 Å². The molecular formula is C16H15ClN2OS3. The number of thiazole rings is 1. The van der Waals surface area contributed by atoms with Crippen molar-refractivity contribution in [1.29, 1.82) is 0 Å². The van der Waals surface area contributed by atoms with E-state index in [9.17, 15) is 4.79 Å². The second-order valence-electron chi connectivity index (χ2n) is 4.97. The maximum absolute atomic E-state index is 12.9. The molecule has 0 aliphatic rings. The first-order valence-corrected chi connectivity index (χ1v) is 10.1. The molecule has 3 heterocycles. The SMILES string of the molecule is CCN(Cc1ccc(Cl)s1)C(=O)c1sc(-c2ccsc2)nc1C. The predicted octanol–water partition coefficient (Wildman–Crippen LogP) is 5.56. The van der Waals surface area contributed by atoms with Gasteiger partial charge in [0.1, 0.15) is 9.88 Å². The smallest absolute Gasteiger partial charge is 0.266 e. The highest BCUT2D eigenvalue weighted by atomic mass is 35.5. The minimum absolute atomic E-state index is 0.0357. The van der Waals surface area contributed by atoms with Gasteiger partial charge in [-0.15, -0.1) is 22.7 Å². The quantitative estimate of drug-likeness (QED) is 0.579. The van der Waals surface area contributed by atoms with Crippen molar-refractivity contribution in [2.45, 2.75) is 20.4 Å². The van der Waals surface area contributed by atoms with Gasteiger partial charge in [0.05, 0.1) is 16.6 Å². The van der Waals surface area contributed by atoms with E-state index in [2.05, 4.69) is 10.4 Å². The van der Waals surface area contributed by atoms with Crippen molar-refractivity contribution in [1.82, 2.24) is 9.88 Å². The zero-order valence-corrected chi connectivity index (χ0v) is 15.9. The van der Waals surface area contributed by atoms with E-state index >= 15 is 0 Å². The number of carbonyl (C=O) groups excluding carboxylic acids is 1. The fraction of sp³-hybridized carbons (Fsp3) is 0.250. The number of carbonyl (C=O) groups is 1. The third-order valence-electron chi connectivity index (χ3n) is 3.40. The van der Waals surface area contributed by atoms with E-state index in [-0.39, 0.29) is 5.91 Å². The molecule has 23 heavy (non-hydrogen) atoms.